The summed E-state index contributed by atoms with van der Waals surface area (Å²) in [7, 11) is 1.33. The Morgan fingerprint density at radius 2 is 2.08 bits per heavy atom. The van der Waals surface area contributed by atoms with Crippen LogP contribution in [0.5, 0.6) is 0 Å². The molecule has 0 fully saturated rings. The van der Waals surface area contributed by atoms with Crippen molar-refractivity contribution in [2.24, 2.45) is 0 Å². The molecule has 1 heterocycles. The lowest BCUT2D eigenvalue weighted by Gasteiger charge is -1.94. The second kappa shape index (κ2) is 3.94. The van der Waals surface area contributed by atoms with Gasteiger partial charge in [-0.05, 0) is 31.6 Å². The first-order chi connectivity index (χ1) is 6.19. The van der Waals surface area contributed by atoms with Gasteiger partial charge in [-0.15, -0.1) is 0 Å². The topological polar surface area (TPSA) is 39.4 Å². The van der Waals surface area contributed by atoms with E-state index in [1.54, 1.807) is 12.1 Å². The Morgan fingerprint density at radius 3 is 2.62 bits per heavy atom. The van der Waals surface area contributed by atoms with Crippen molar-refractivity contribution in [3.05, 3.63) is 29.7 Å². The maximum atomic E-state index is 11.0. The van der Waals surface area contributed by atoms with E-state index < -0.39 is 5.97 Å². The van der Waals surface area contributed by atoms with E-state index in [-0.39, 0.29) is 5.76 Å². The summed E-state index contributed by atoms with van der Waals surface area (Å²) < 4.78 is 9.76. The first-order valence-corrected chi connectivity index (χ1v) is 4.00. The van der Waals surface area contributed by atoms with E-state index in [2.05, 4.69) is 4.74 Å². The van der Waals surface area contributed by atoms with Crippen LogP contribution in [-0.4, -0.2) is 13.1 Å². The van der Waals surface area contributed by atoms with Crippen LogP contribution >= 0.6 is 0 Å². The molecule has 1 aromatic rings. The van der Waals surface area contributed by atoms with Gasteiger partial charge in [0, 0.05) is 0 Å². The zero-order chi connectivity index (χ0) is 9.84. The Kier molecular flexibility index (Phi) is 2.90. The third kappa shape index (κ3) is 1.99. The van der Waals surface area contributed by atoms with Gasteiger partial charge in [0.25, 0.3) is 0 Å². The molecule has 13 heavy (non-hydrogen) atoms. The van der Waals surface area contributed by atoms with Crippen molar-refractivity contribution in [3.8, 4) is 0 Å². The molecule has 0 aromatic carbocycles. The van der Waals surface area contributed by atoms with Gasteiger partial charge >= 0.3 is 5.97 Å². The molecule has 0 aliphatic heterocycles. The van der Waals surface area contributed by atoms with Crippen molar-refractivity contribution in [2.45, 2.75) is 13.8 Å². The van der Waals surface area contributed by atoms with Crippen LogP contribution in [0.3, 0.4) is 0 Å². The third-order valence-corrected chi connectivity index (χ3v) is 1.81. The number of methoxy groups -OCH3 is 1. The highest BCUT2D eigenvalue weighted by molar-refractivity contribution is 5.86. The van der Waals surface area contributed by atoms with Crippen molar-refractivity contribution >= 4 is 11.5 Å². The Bertz CT molecular complexity index is 334. The lowest BCUT2D eigenvalue weighted by atomic mass is 10.2. The minimum absolute atomic E-state index is 0.235. The van der Waals surface area contributed by atoms with E-state index in [1.807, 2.05) is 19.9 Å². The average molecular weight is 180 g/mol. The van der Waals surface area contributed by atoms with Gasteiger partial charge in [0.1, 0.15) is 5.76 Å². The first kappa shape index (κ1) is 9.58. The largest absolute Gasteiger partial charge is 0.463 e. The molecule has 0 radical (unpaired) electrons. The number of carbonyl (C=O) groups excluding carboxylic acids is 1. The quantitative estimate of drug-likeness (QED) is 0.656. The van der Waals surface area contributed by atoms with Crippen molar-refractivity contribution in [3.63, 3.8) is 0 Å². The molecule has 0 aliphatic rings. The van der Waals surface area contributed by atoms with E-state index in [1.165, 1.54) is 7.11 Å². The number of hydrogen-bond acceptors (Lipinski definition) is 3. The molecule has 3 nitrogen and oxygen atoms in total. The number of hydrogen-bond donors (Lipinski definition) is 0. The van der Waals surface area contributed by atoms with E-state index in [9.17, 15) is 4.79 Å². The third-order valence-electron chi connectivity index (χ3n) is 1.81. The smallest absolute Gasteiger partial charge is 0.373 e. The summed E-state index contributed by atoms with van der Waals surface area (Å²) in [4.78, 5) is 11.0. The Balaban J connectivity index is 2.93. The summed E-state index contributed by atoms with van der Waals surface area (Å²) in [5.74, 6) is 0.483. The van der Waals surface area contributed by atoms with Crippen LogP contribution in [-0.2, 0) is 4.74 Å². The molecule has 0 amide bonds. The predicted octanol–water partition coefficient (Wildman–Crippen LogP) is 2.49. The van der Waals surface area contributed by atoms with Crippen LogP contribution < -0.4 is 0 Å². The zero-order valence-corrected chi connectivity index (χ0v) is 7.96. The highest BCUT2D eigenvalue weighted by atomic mass is 16.5. The molecule has 3 heteroatoms. The van der Waals surface area contributed by atoms with Gasteiger partial charge in [-0.1, -0.05) is 6.08 Å². The number of furan rings is 1. The molecule has 0 unspecified atom stereocenters. The standard InChI is InChI=1S/C10H12O3/c1-4-7(2)8-5-6-9(13-8)10(11)12-3/h4-6H,1-3H3/b7-4+. The van der Waals surface area contributed by atoms with Gasteiger partial charge in [0.2, 0.25) is 5.76 Å². The van der Waals surface area contributed by atoms with Crippen molar-refractivity contribution in [1.82, 2.24) is 0 Å². The minimum Gasteiger partial charge on any atom is -0.463 e. The van der Waals surface area contributed by atoms with Gasteiger partial charge in [-0.25, -0.2) is 4.79 Å². The Hall–Kier alpha value is -1.51. The predicted molar refractivity (Wildman–Crippen MR) is 49.4 cm³/mol. The molecular formula is C10H12O3. The summed E-state index contributed by atoms with van der Waals surface area (Å²) in [6.45, 7) is 3.83. The lowest BCUT2D eigenvalue weighted by molar-refractivity contribution is 0.0564. The van der Waals surface area contributed by atoms with Gasteiger partial charge in [-0.3, -0.25) is 0 Å². The molecule has 0 saturated carbocycles. The Morgan fingerprint density at radius 1 is 1.46 bits per heavy atom. The molecule has 0 spiro atoms. The molecule has 0 bridgehead atoms. The molecule has 0 atom stereocenters. The minimum atomic E-state index is -0.449. The number of carbonyl (C=O) groups is 1. The summed E-state index contributed by atoms with van der Waals surface area (Å²) in [6, 6.07) is 3.36. The second-order valence-corrected chi connectivity index (χ2v) is 2.63. The molecule has 1 rings (SSSR count). The maximum absolute atomic E-state index is 11.0. The molecule has 70 valence electrons. The highest BCUT2D eigenvalue weighted by Crippen LogP contribution is 2.17. The van der Waals surface area contributed by atoms with E-state index in [0.717, 1.165) is 5.57 Å². The maximum Gasteiger partial charge on any atom is 0.373 e. The number of rotatable bonds is 2. The molecule has 0 N–H and O–H groups in total. The van der Waals surface area contributed by atoms with Gasteiger partial charge in [0.15, 0.2) is 0 Å². The molecule has 0 saturated heterocycles. The fourth-order valence-electron chi connectivity index (χ4n) is 0.902. The number of allylic oxidation sites excluding steroid dienone is 2. The first-order valence-electron chi connectivity index (χ1n) is 4.00. The van der Waals surface area contributed by atoms with Crippen molar-refractivity contribution in [1.29, 1.82) is 0 Å². The highest BCUT2D eigenvalue weighted by Gasteiger charge is 2.10. The van der Waals surface area contributed by atoms with Gasteiger partial charge in [-0.2, -0.15) is 0 Å². The lowest BCUT2D eigenvalue weighted by Crippen LogP contribution is -1.98. The summed E-state index contributed by atoms with van der Waals surface area (Å²) in [6.07, 6.45) is 1.92. The normalized spacial score (nSPS) is 11.5. The van der Waals surface area contributed by atoms with Gasteiger partial charge in [0.05, 0.1) is 7.11 Å². The van der Waals surface area contributed by atoms with Crippen LogP contribution in [0.25, 0.3) is 5.57 Å². The summed E-state index contributed by atoms with van der Waals surface area (Å²) in [5.41, 5.74) is 0.996. The van der Waals surface area contributed by atoms with Gasteiger partial charge < -0.3 is 9.15 Å². The number of esters is 1. The van der Waals surface area contributed by atoms with Crippen LogP contribution in [0, 0.1) is 0 Å². The van der Waals surface area contributed by atoms with E-state index in [0.29, 0.717) is 5.76 Å². The van der Waals surface area contributed by atoms with Crippen LogP contribution in [0.4, 0.5) is 0 Å². The SMILES string of the molecule is C/C=C(\C)c1ccc(C(=O)OC)o1. The number of ether oxygens (including phenoxy) is 1. The fraction of sp³-hybridized carbons (Fsp3) is 0.300. The zero-order valence-electron chi connectivity index (χ0n) is 7.96. The fourth-order valence-corrected chi connectivity index (χ4v) is 0.902. The average Bonchev–Trinajstić information content (AvgIpc) is 2.64. The van der Waals surface area contributed by atoms with Crippen LogP contribution in [0.2, 0.25) is 0 Å². The summed E-state index contributed by atoms with van der Waals surface area (Å²) in [5, 5.41) is 0. The van der Waals surface area contributed by atoms with Crippen molar-refractivity contribution in [2.75, 3.05) is 7.11 Å². The monoisotopic (exact) mass is 180 g/mol. The Labute approximate surface area is 77.0 Å². The van der Waals surface area contributed by atoms with E-state index in [4.69, 9.17) is 4.42 Å². The van der Waals surface area contributed by atoms with E-state index >= 15 is 0 Å². The molecule has 0 aliphatic carbocycles. The second-order valence-electron chi connectivity index (χ2n) is 2.63. The van der Waals surface area contributed by atoms with Crippen molar-refractivity contribution < 1.29 is 13.9 Å². The van der Waals surface area contributed by atoms with Crippen LogP contribution in [0.1, 0.15) is 30.2 Å². The van der Waals surface area contributed by atoms with Crippen LogP contribution in [0.15, 0.2) is 22.6 Å². The molecular weight excluding hydrogens is 168 g/mol. The molecule has 1 aromatic heterocycles. The summed E-state index contributed by atoms with van der Waals surface area (Å²) >= 11 is 0.